The van der Waals surface area contributed by atoms with E-state index >= 15 is 0 Å². The topological polar surface area (TPSA) is 29.5 Å². The number of methoxy groups -OCH3 is 1. The summed E-state index contributed by atoms with van der Waals surface area (Å²) in [5.41, 5.74) is -0.437. The minimum absolute atomic E-state index is 0.437. The molecule has 0 aliphatic heterocycles. The van der Waals surface area contributed by atoms with E-state index in [1.54, 1.807) is 13.4 Å². The van der Waals surface area contributed by atoms with Crippen LogP contribution in [-0.4, -0.2) is 17.8 Å². The molecule has 0 radical (unpaired) electrons. The Morgan fingerprint density at radius 2 is 2.00 bits per heavy atom. The highest BCUT2D eigenvalue weighted by Crippen LogP contribution is 2.30. The van der Waals surface area contributed by atoms with E-state index in [0.717, 1.165) is 32.1 Å². The zero-order valence-electron chi connectivity index (χ0n) is 7.75. The van der Waals surface area contributed by atoms with Gasteiger partial charge in [-0.15, -0.1) is 0 Å². The van der Waals surface area contributed by atoms with Crippen molar-refractivity contribution < 1.29 is 9.84 Å². The van der Waals surface area contributed by atoms with E-state index < -0.39 is 5.60 Å². The first-order chi connectivity index (χ1) is 5.77. The van der Waals surface area contributed by atoms with Crippen molar-refractivity contribution in [2.45, 2.75) is 44.1 Å². The van der Waals surface area contributed by atoms with E-state index in [2.05, 4.69) is 0 Å². The molecule has 0 aromatic rings. The van der Waals surface area contributed by atoms with E-state index in [1.165, 1.54) is 6.42 Å². The quantitative estimate of drug-likeness (QED) is 0.658. The summed E-state index contributed by atoms with van der Waals surface area (Å²) in [6.45, 7) is 0. The molecule has 1 rings (SSSR count). The van der Waals surface area contributed by atoms with Crippen LogP contribution in [0.4, 0.5) is 0 Å². The van der Waals surface area contributed by atoms with Crippen LogP contribution in [0.2, 0.25) is 0 Å². The molecule has 1 saturated carbocycles. The lowest BCUT2D eigenvalue weighted by Crippen LogP contribution is -2.30. The molecule has 1 N–H and O–H groups in total. The summed E-state index contributed by atoms with van der Waals surface area (Å²) in [7, 11) is 1.63. The van der Waals surface area contributed by atoms with Gasteiger partial charge in [0.2, 0.25) is 0 Å². The van der Waals surface area contributed by atoms with E-state index in [0.29, 0.717) is 0 Å². The standard InChI is InChI=1S/C10H18O2/c1-12-9-5-8-10(11)6-3-2-4-7-10/h5,9,11H,2-4,6-8H2,1H3/b9-5+. The Balaban J connectivity index is 2.31. The Labute approximate surface area is 74.2 Å². The summed E-state index contributed by atoms with van der Waals surface area (Å²) in [5, 5.41) is 9.99. The third kappa shape index (κ3) is 2.86. The molecule has 0 heterocycles. The first-order valence-corrected chi connectivity index (χ1v) is 4.67. The molecule has 1 aliphatic rings. The molecule has 12 heavy (non-hydrogen) atoms. The second kappa shape index (κ2) is 4.51. The summed E-state index contributed by atoms with van der Waals surface area (Å²) in [5.74, 6) is 0. The van der Waals surface area contributed by atoms with Crippen LogP contribution in [0.5, 0.6) is 0 Å². The molecular weight excluding hydrogens is 152 g/mol. The van der Waals surface area contributed by atoms with Gasteiger partial charge in [0.05, 0.1) is 19.0 Å². The number of aliphatic hydroxyl groups is 1. The highest BCUT2D eigenvalue weighted by Gasteiger charge is 2.27. The molecule has 1 aliphatic carbocycles. The maximum Gasteiger partial charge on any atom is 0.0785 e. The Hall–Kier alpha value is -0.500. The van der Waals surface area contributed by atoms with Crippen molar-refractivity contribution in [2.75, 3.05) is 7.11 Å². The van der Waals surface area contributed by atoms with Crippen molar-refractivity contribution in [1.82, 2.24) is 0 Å². The van der Waals surface area contributed by atoms with Crippen LogP contribution in [0.15, 0.2) is 12.3 Å². The van der Waals surface area contributed by atoms with Crippen LogP contribution in [0.25, 0.3) is 0 Å². The van der Waals surface area contributed by atoms with Gasteiger partial charge < -0.3 is 9.84 Å². The van der Waals surface area contributed by atoms with Crippen molar-refractivity contribution in [3.05, 3.63) is 12.3 Å². The van der Waals surface area contributed by atoms with Gasteiger partial charge in [-0.1, -0.05) is 19.3 Å². The van der Waals surface area contributed by atoms with Gasteiger partial charge in [-0.3, -0.25) is 0 Å². The van der Waals surface area contributed by atoms with Crippen molar-refractivity contribution >= 4 is 0 Å². The predicted octanol–water partition coefficient (Wildman–Crippen LogP) is 2.23. The summed E-state index contributed by atoms with van der Waals surface area (Å²) >= 11 is 0. The molecule has 0 spiro atoms. The summed E-state index contributed by atoms with van der Waals surface area (Å²) in [6, 6.07) is 0. The first-order valence-electron chi connectivity index (χ1n) is 4.67. The molecule has 0 aromatic heterocycles. The molecule has 0 atom stereocenters. The minimum Gasteiger partial charge on any atom is -0.505 e. The zero-order chi connectivity index (χ0) is 8.86. The van der Waals surface area contributed by atoms with Crippen molar-refractivity contribution in [2.24, 2.45) is 0 Å². The number of hydrogen-bond donors (Lipinski definition) is 1. The fraction of sp³-hybridized carbons (Fsp3) is 0.800. The Morgan fingerprint density at radius 1 is 1.33 bits per heavy atom. The molecule has 0 saturated heterocycles. The van der Waals surface area contributed by atoms with Gasteiger partial charge in [0.25, 0.3) is 0 Å². The monoisotopic (exact) mass is 170 g/mol. The van der Waals surface area contributed by atoms with Crippen LogP contribution in [0.1, 0.15) is 38.5 Å². The molecule has 0 unspecified atom stereocenters. The fourth-order valence-corrected chi connectivity index (χ4v) is 1.78. The van der Waals surface area contributed by atoms with Crippen molar-refractivity contribution in [1.29, 1.82) is 0 Å². The highest BCUT2D eigenvalue weighted by molar-refractivity contribution is 4.90. The second-order valence-corrected chi connectivity index (χ2v) is 3.60. The molecule has 2 nitrogen and oxygen atoms in total. The van der Waals surface area contributed by atoms with Gasteiger partial charge in [-0.05, 0) is 25.3 Å². The fourth-order valence-electron chi connectivity index (χ4n) is 1.78. The van der Waals surface area contributed by atoms with Crippen molar-refractivity contribution in [3.8, 4) is 0 Å². The summed E-state index contributed by atoms with van der Waals surface area (Å²) in [6.07, 6.45) is 9.78. The van der Waals surface area contributed by atoms with Crippen LogP contribution in [0, 0.1) is 0 Å². The Bertz CT molecular complexity index is 146. The predicted molar refractivity (Wildman–Crippen MR) is 48.8 cm³/mol. The first kappa shape index (κ1) is 9.59. The molecular formula is C10H18O2. The van der Waals surface area contributed by atoms with Crippen LogP contribution in [0.3, 0.4) is 0 Å². The average Bonchev–Trinajstić information content (AvgIpc) is 2.06. The van der Waals surface area contributed by atoms with Gasteiger partial charge in [-0.25, -0.2) is 0 Å². The van der Waals surface area contributed by atoms with Gasteiger partial charge in [0, 0.05) is 0 Å². The maximum absolute atomic E-state index is 9.99. The number of hydrogen-bond acceptors (Lipinski definition) is 2. The van der Waals surface area contributed by atoms with Gasteiger partial charge >= 0.3 is 0 Å². The van der Waals surface area contributed by atoms with Crippen LogP contribution < -0.4 is 0 Å². The van der Waals surface area contributed by atoms with E-state index in [4.69, 9.17) is 4.74 Å². The van der Waals surface area contributed by atoms with Gasteiger partial charge in [-0.2, -0.15) is 0 Å². The highest BCUT2D eigenvalue weighted by atomic mass is 16.5. The second-order valence-electron chi connectivity index (χ2n) is 3.60. The maximum atomic E-state index is 9.99. The smallest absolute Gasteiger partial charge is 0.0785 e. The lowest BCUT2D eigenvalue weighted by atomic mass is 9.83. The number of ether oxygens (including phenoxy) is 1. The van der Waals surface area contributed by atoms with E-state index in [1.807, 2.05) is 6.08 Å². The normalized spacial score (nSPS) is 22.8. The minimum atomic E-state index is -0.437. The third-order valence-electron chi connectivity index (χ3n) is 2.51. The third-order valence-corrected chi connectivity index (χ3v) is 2.51. The molecule has 0 bridgehead atoms. The molecule has 0 aromatic carbocycles. The Kier molecular flexibility index (Phi) is 3.60. The summed E-state index contributed by atoms with van der Waals surface area (Å²) in [4.78, 5) is 0. The van der Waals surface area contributed by atoms with Gasteiger partial charge in [0.15, 0.2) is 0 Å². The van der Waals surface area contributed by atoms with E-state index in [-0.39, 0.29) is 0 Å². The number of rotatable bonds is 3. The van der Waals surface area contributed by atoms with Gasteiger partial charge in [0.1, 0.15) is 0 Å². The SMILES string of the molecule is CO/C=C/CC1(O)CCCCC1. The van der Waals surface area contributed by atoms with E-state index in [9.17, 15) is 5.11 Å². The molecule has 0 amide bonds. The molecule has 2 heteroatoms. The van der Waals surface area contributed by atoms with Crippen LogP contribution >= 0.6 is 0 Å². The molecule has 70 valence electrons. The zero-order valence-corrected chi connectivity index (χ0v) is 7.75. The van der Waals surface area contributed by atoms with Crippen LogP contribution in [-0.2, 0) is 4.74 Å². The lowest BCUT2D eigenvalue weighted by molar-refractivity contribution is 0.00651. The van der Waals surface area contributed by atoms with Crippen molar-refractivity contribution in [3.63, 3.8) is 0 Å². The Morgan fingerprint density at radius 3 is 2.58 bits per heavy atom. The largest absolute Gasteiger partial charge is 0.505 e. The lowest BCUT2D eigenvalue weighted by Gasteiger charge is -2.30. The summed E-state index contributed by atoms with van der Waals surface area (Å²) < 4.78 is 4.79. The molecule has 1 fully saturated rings. The average molecular weight is 170 g/mol.